The second-order valence-corrected chi connectivity index (χ2v) is 10.5. The van der Waals surface area contributed by atoms with Crippen LogP contribution in [0.5, 0.6) is 5.75 Å². The van der Waals surface area contributed by atoms with Crippen molar-refractivity contribution in [3.05, 3.63) is 77.6 Å². The average Bonchev–Trinajstić information content (AvgIpc) is 3.62. The molecule has 2 amide bonds. The highest BCUT2D eigenvalue weighted by Crippen LogP contribution is 2.38. The van der Waals surface area contributed by atoms with Gasteiger partial charge >= 0.3 is 0 Å². The summed E-state index contributed by atoms with van der Waals surface area (Å²) < 4.78 is 26.0. The van der Waals surface area contributed by atoms with Crippen molar-refractivity contribution in [3.8, 4) is 28.2 Å². The Morgan fingerprint density at radius 3 is 2.49 bits per heavy atom. The Hall–Kier alpha value is -4.17. The van der Waals surface area contributed by atoms with Crippen LogP contribution in [0.15, 0.2) is 65.1 Å². The molecular weight excluding hydrogens is 521 g/mol. The number of rotatable bonds is 9. The zero-order valence-electron chi connectivity index (χ0n) is 23.0. The van der Waals surface area contributed by atoms with Crippen LogP contribution >= 0.6 is 0 Å². The van der Waals surface area contributed by atoms with Gasteiger partial charge in [0.05, 0.1) is 5.56 Å². The molecule has 1 atom stereocenters. The molecule has 7 nitrogen and oxygen atoms in total. The van der Waals surface area contributed by atoms with Crippen molar-refractivity contribution in [1.29, 1.82) is 0 Å². The maximum absolute atomic E-state index is 13.6. The zero-order valence-corrected chi connectivity index (χ0v) is 23.0. The molecule has 0 saturated carbocycles. The molecule has 0 radical (unpaired) electrons. The molecule has 216 valence electrons. The molecule has 3 N–H and O–H groups in total. The van der Waals surface area contributed by atoms with Crippen LogP contribution in [0.25, 0.3) is 33.4 Å². The third-order valence-electron chi connectivity index (χ3n) is 7.07. The number of ether oxygens (including phenoxy) is 1. The van der Waals surface area contributed by atoms with Gasteiger partial charge in [0.25, 0.3) is 11.8 Å². The summed E-state index contributed by atoms with van der Waals surface area (Å²) in [6, 6.07) is 17.1. The first-order chi connectivity index (χ1) is 19.3. The first-order valence-corrected chi connectivity index (χ1v) is 13.7. The molecular formula is C33H38FN3O4. The standard InChI is InChI=1S/C32H34FN3O4.CH4/c1-19(2)17-36-31(37)22-9-12-27(39-18-24-5-4-14-35-24)25(16-22)21-8-13-28-26(15-21)29(32(38)34-3)30(40-28)20-6-10-23(33)11-7-20;/h6-13,15-16,19,24,35H,4-5,14,17-18H2,1-3H3,(H,34,38)(H,36,37);1H4. The van der Waals surface area contributed by atoms with Crippen LogP contribution in [-0.4, -0.2) is 44.6 Å². The molecule has 1 unspecified atom stereocenters. The van der Waals surface area contributed by atoms with Crippen LogP contribution in [-0.2, 0) is 0 Å². The smallest absolute Gasteiger partial charge is 0.255 e. The quantitative estimate of drug-likeness (QED) is 0.220. The minimum atomic E-state index is -0.374. The van der Waals surface area contributed by atoms with Gasteiger partial charge in [-0.15, -0.1) is 0 Å². The van der Waals surface area contributed by atoms with Crippen LogP contribution < -0.4 is 20.7 Å². The van der Waals surface area contributed by atoms with Crippen molar-refractivity contribution in [2.24, 2.45) is 5.92 Å². The highest BCUT2D eigenvalue weighted by molar-refractivity contribution is 6.12. The number of hydrogen-bond donors (Lipinski definition) is 3. The first-order valence-electron chi connectivity index (χ1n) is 13.7. The molecule has 5 rings (SSSR count). The molecule has 1 aliphatic rings. The molecule has 0 aliphatic carbocycles. The second kappa shape index (κ2) is 13.0. The summed E-state index contributed by atoms with van der Waals surface area (Å²) in [7, 11) is 1.56. The largest absolute Gasteiger partial charge is 0.491 e. The van der Waals surface area contributed by atoms with E-state index in [-0.39, 0.29) is 31.1 Å². The number of benzene rings is 3. The van der Waals surface area contributed by atoms with E-state index >= 15 is 0 Å². The van der Waals surface area contributed by atoms with Gasteiger partial charge < -0.3 is 25.1 Å². The lowest BCUT2D eigenvalue weighted by molar-refractivity contribution is 0.0945. The van der Waals surface area contributed by atoms with E-state index in [9.17, 15) is 14.0 Å². The van der Waals surface area contributed by atoms with E-state index in [1.165, 1.54) is 12.1 Å². The molecule has 0 bridgehead atoms. The number of hydrogen-bond acceptors (Lipinski definition) is 5. The van der Waals surface area contributed by atoms with Crippen molar-refractivity contribution in [2.75, 3.05) is 26.7 Å². The maximum Gasteiger partial charge on any atom is 0.255 e. The maximum atomic E-state index is 13.6. The highest BCUT2D eigenvalue weighted by atomic mass is 19.1. The molecule has 1 fully saturated rings. The number of carbonyl (C=O) groups excluding carboxylic acids is 2. The summed E-state index contributed by atoms with van der Waals surface area (Å²) in [6.45, 7) is 6.15. The first kappa shape index (κ1) is 29.8. The Morgan fingerprint density at radius 2 is 1.80 bits per heavy atom. The highest BCUT2D eigenvalue weighted by Gasteiger charge is 2.23. The van der Waals surface area contributed by atoms with Gasteiger partial charge in [0.15, 0.2) is 0 Å². The van der Waals surface area contributed by atoms with Gasteiger partial charge in [0, 0.05) is 41.7 Å². The summed E-state index contributed by atoms with van der Waals surface area (Å²) >= 11 is 0. The van der Waals surface area contributed by atoms with Crippen LogP contribution in [0.4, 0.5) is 4.39 Å². The normalized spacial score (nSPS) is 14.6. The van der Waals surface area contributed by atoms with E-state index in [4.69, 9.17) is 9.15 Å². The van der Waals surface area contributed by atoms with Gasteiger partial charge in [-0.05, 0) is 85.5 Å². The molecule has 3 aromatic carbocycles. The Bertz CT molecular complexity index is 1520. The molecule has 1 saturated heterocycles. The number of fused-ring (bicyclic) bond motifs is 1. The molecule has 1 aromatic heterocycles. The number of nitrogens with one attached hydrogen (secondary N) is 3. The van der Waals surface area contributed by atoms with Crippen molar-refractivity contribution in [2.45, 2.75) is 40.2 Å². The van der Waals surface area contributed by atoms with E-state index in [0.717, 1.165) is 30.5 Å². The predicted molar refractivity (Wildman–Crippen MR) is 161 cm³/mol. The summed E-state index contributed by atoms with van der Waals surface area (Å²) in [5.41, 5.74) is 3.50. The molecule has 8 heteroatoms. The second-order valence-electron chi connectivity index (χ2n) is 10.5. The Morgan fingerprint density at radius 1 is 1.05 bits per heavy atom. The minimum absolute atomic E-state index is 0. The monoisotopic (exact) mass is 559 g/mol. The fourth-order valence-electron chi connectivity index (χ4n) is 4.93. The molecule has 1 aliphatic heterocycles. The topological polar surface area (TPSA) is 92.6 Å². The average molecular weight is 560 g/mol. The Kier molecular flexibility index (Phi) is 9.45. The third-order valence-corrected chi connectivity index (χ3v) is 7.07. The zero-order chi connectivity index (χ0) is 28.2. The predicted octanol–water partition coefficient (Wildman–Crippen LogP) is 6.42. The molecule has 4 aromatic rings. The van der Waals surface area contributed by atoms with Crippen LogP contribution in [0, 0.1) is 11.7 Å². The Balaban J connectivity index is 0.00000387. The SMILES string of the molecule is C.CNC(=O)c1c(-c2ccc(F)cc2)oc2ccc(-c3cc(C(=O)NCC(C)C)ccc3OCC3CCCN3)cc12. The van der Waals surface area contributed by atoms with Crippen LogP contribution in [0.1, 0.15) is 54.8 Å². The fourth-order valence-corrected chi connectivity index (χ4v) is 4.93. The van der Waals surface area contributed by atoms with E-state index in [0.29, 0.717) is 58.2 Å². The van der Waals surface area contributed by atoms with E-state index in [2.05, 4.69) is 16.0 Å². The van der Waals surface area contributed by atoms with Crippen molar-refractivity contribution >= 4 is 22.8 Å². The fraction of sp³-hybridized carbons (Fsp3) is 0.333. The summed E-state index contributed by atoms with van der Waals surface area (Å²) in [4.78, 5) is 26.0. The van der Waals surface area contributed by atoms with Gasteiger partial charge in [0.2, 0.25) is 0 Å². The van der Waals surface area contributed by atoms with E-state index < -0.39 is 0 Å². The summed E-state index contributed by atoms with van der Waals surface area (Å²) in [5.74, 6) is 0.483. The molecule has 0 spiro atoms. The lowest BCUT2D eigenvalue weighted by Gasteiger charge is -2.17. The number of carbonyl (C=O) groups is 2. The molecule has 41 heavy (non-hydrogen) atoms. The number of furan rings is 1. The minimum Gasteiger partial charge on any atom is -0.491 e. The summed E-state index contributed by atoms with van der Waals surface area (Å²) in [5, 5.41) is 9.72. The van der Waals surface area contributed by atoms with Crippen LogP contribution in [0.3, 0.4) is 0 Å². The van der Waals surface area contributed by atoms with Gasteiger partial charge in [-0.2, -0.15) is 0 Å². The number of halogens is 1. The number of amides is 2. The van der Waals surface area contributed by atoms with E-state index in [1.807, 2.05) is 38.1 Å². The van der Waals surface area contributed by atoms with Crippen LogP contribution in [0.2, 0.25) is 0 Å². The lowest BCUT2D eigenvalue weighted by atomic mass is 9.98. The lowest BCUT2D eigenvalue weighted by Crippen LogP contribution is -2.28. The third kappa shape index (κ3) is 6.60. The van der Waals surface area contributed by atoms with Gasteiger partial charge in [-0.3, -0.25) is 9.59 Å². The van der Waals surface area contributed by atoms with Crippen molar-refractivity contribution in [1.82, 2.24) is 16.0 Å². The van der Waals surface area contributed by atoms with Gasteiger partial charge in [0.1, 0.15) is 29.5 Å². The van der Waals surface area contributed by atoms with Crippen molar-refractivity contribution < 1.29 is 23.1 Å². The summed E-state index contributed by atoms with van der Waals surface area (Å²) in [6.07, 6.45) is 2.17. The van der Waals surface area contributed by atoms with E-state index in [1.54, 1.807) is 31.3 Å². The molecule has 2 heterocycles. The van der Waals surface area contributed by atoms with Gasteiger partial charge in [-0.25, -0.2) is 4.39 Å². The van der Waals surface area contributed by atoms with Crippen molar-refractivity contribution in [3.63, 3.8) is 0 Å². The van der Waals surface area contributed by atoms with Gasteiger partial charge in [-0.1, -0.05) is 27.3 Å². The Labute approximate surface area is 240 Å².